The van der Waals surface area contributed by atoms with Gasteiger partial charge in [-0.2, -0.15) is 0 Å². The summed E-state index contributed by atoms with van der Waals surface area (Å²) < 4.78 is 25.3. The van der Waals surface area contributed by atoms with Crippen LogP contribution in [-0.4, -0.2) is 13.7 Å². The van der Waals surface area contributed by atoms with Gasteiger partial charge in [-0.05, 0) is 28.9 Å². The van der Waals surface area contributed by atoms with E-state index in [1.807, 2.05) is 0 Å². The van der Waals surface area contributed by atoms with Crippen molar-refractivity contribution in [3.8, 4) is 0 Å². The SMILES string of the molecule is O=[N+]([O-])c1ccc(COS(=O)([O-])=S)cc1.[Na+]. The van der Waals surface area contributed by atoms with Gasteiger partial charge in [0.25, 0.3) is 5.69 Å². The third-order valence-corrected chi connectivity index (χ3v) is 2.21. The standard InChI is InChI=1S/C7H7NO5S2.Na/c9-8(10)7-3-1-6(2-4-7)5-13-15(11,12)14;/h1-4H,5H2,(H,11,12,14);/q;+1/p-1. The summed E-state index contributed by atoms with van der Waals surface area (Å²) in [6, 6.07) is 5.32. The van der Waals surface area contributed by atoms with Crippen LogP contribution in [0.15, 0.2) is 24.3 Å². The van der Waals surface area contributed by atoms with Crippen LogP contribution in [0.2, 0.25) is 0 Å². The van der Waals surface area contributed by atoms with E-state index in [1.165, 1.54) is 24.3 Å². The molecule has 0 saturated carbocycles. The summed E-state index contributed by atoms with van der Waals surface area (Å²) >= 11 is 3.99. The second kappa shape index (κ2) is 6.60. The fraction of sp³-hybridized carbons (Fsp3) is 0.143. The van der Waals surface area contributed by atoms with Crippen molar-refractivity contribution in [2.75, 3.05) is 0 Å². The predicted octanol–water partition coefficient (Wildman–Crippen LogP) is -2.09. The molecule has 0 aliphatic rings. The topological polar surface area (TPSA) is 92.5 Å². The summed E-state index contributed by atoms with van der Waals surface area (Å²) in [5, 5.41) is 10.3. The van der Waals surface area contributed by atoms with Crippen LogP contribution in [0, 0.1) is 10.1 Å². The van der Waals surface area contributed by atoms with E-state index in [2.05, 4.69) is 15.4 Å². The number of benzene rings is 1. The first-order chi connectivity index (χ1) is 6.88. The fourth-order valence-electron chi connectivity index (χ4n) is 0.854. The molecular weight excluding hydrogens is 265 g/mol. The molecule has 0 spiro atoms. The number of nitro groups is 1. The smallest absolute Gasteiger partial charge is 0.748 e. The van der Waals surface area contributed by atoms with Crippen LogP contribution < -0.4 is 29.6 Å². The normalized spacial score (nSPS) is 13.6. The number of nitro benzene ring substituents is 1. The van der Waals surface area contributed by atoms with Crippen LogP contribution >= 0.6 is 0 Å². The molecule has 1 atom stereocenters. The van der Waals surface area contributed by atoms with Crippen molar-refractivity contribution in [2.24, 2.45) is 0 Å². The number of nitrogens with zero attached hydrogens (tertiary/aromatic N) is 1. The van der Waals surface area contributed by atoms with E-state index in [0.717, 1.165) is 0 Å². The average molecular weight is 271 g/mol. The molecule has 1 rings (SSSR count). The molecule has 0 saturated heterocycles. The Balaban J connectivity index is 0.00000225. The molecule has 1 aromatic rings. The van der Waals surface area contributed by atoms with E-state index in [4.69, 9.17) is 0 Å². The summed E-state index contributed by atoms with van der Waals surface area (Å²) in [5.41, 5.74) is 0.425. The van der Waals surface area contributed by atoms with Crippen LogP contribution in [0.25, 0.3) is 0 Å². The minimum absolute atomic E-state index is 0. The fourth-order valence-corrected chi connectivity index (χ4v) is 1.28. The van der Waals surface area contributed by atoms with E-state index < -0.39 is 14.0 Å². The maximum absolute atomic E-state index is 10.5. The van der Waals surface area contributed by atoms with E-state index >= 15 is 0 Å². The van der Waals surface area contributed by atoms with Crippen molar-refractivity contribution >= 4 is 25.9 Å². The number of rotatable bonds is 4. The van der Waals surface area contributed by atoms with Crippen molar-refractivity contribution in [3.63, 3.8) is 0 Å². The van der Waals surface area contributed by atoms with E-state index in [9.17, 15) is 18.9 Å². The van der Waals surface area contributed by atoms with E-state index in [-0.39, 0.29) is 41.9 Å². The van der Waals surface area contributed by atoms with Gasteiger partial charge in [-0.1, -0.05) is 0 Å². The quantitative estimate of drug-likeness (QED) is 0.354. The zero-order valence-corrected chi connectivity index (χ0v) is 12.0. The van der Waals surface area contributed by atoms with Gasteiger partial charge in [0, 0.05) is 12.1 Å². The molecule has 1 unspecified atom stereocenters. The molecule has 0 aliphatic heterocycles. The minimum Gasteiger partial charge on any atom is -0.748 e. The maximum Gasteiger partial charge on any atom is 1.00 e. The second-order valence-corrected chi connectivity index (χ2v) is 4.87. The van der Waals surface area contributed by atoms with Crippen LogP contribution in [0.1, 0.15) is 5.56 Å². The Labute approximate surface area is 119 Å². The number of hydrogen-bond donors (Lipinski definition) is 0. The van der Waals surface area contributed by atoms with Crippen LogP contribution in [0.4, 0.5) is 5.69 Å². The first-order valence-electron chi connectivity index (χ1n) is 3.72. The molecule has 0 fully saturated rings. The van der Waals surface area contributed by atoms with Crippen LogP contribution in [0.5, 0.6) is 0 Å². The molecule has 0 aliphatic carbocycles. The summed E-state index contributed by atoms with van der Waals surface area (Å²) in [6.07, 6.45) is 0. The Morgan fingerprint density at radius 2 is 1.88 bits per heavy atom. The van der Waals surface area contributed by atoms with Gasteiger partial charge < -0.3 is 4.55 Å². The molecule has 0 N–H and O–H groups in total. The van der Waals surface area contributed by atoms with Crippen molar-refractivity contribution in [1.29, 1.82) is 0 Å². The summed E-state index contributed by atoms with van der Waals surface area (Å²) in [4.78, 5) is 9.74. The maximum atomic E-state index is 10.5. The van der Waals surface area contributed by atoms with Crippen molar-refractivity contribution in [1.82, 2.24) is 0 Å². The van der Waals surface area contributed by atoms with Gasteiger partial charge >= 0.3 is 29.6 Å². The molecule has 0 radical (unpaired) electrons. The average Bonchev–Trinajstić information content (AvgIpc) is 2.14. The van der Waals surface area contributed by atoms with Crippen molar-refractivity contribution in [2.45, 2.75) is 6.61 Å². The van der Waals surface area contributed by atoms with Crippen LogP contribution in [0.3, 0.4) is 0 Å². The zero-order valence-electron chi connectivity index (χ0n) is 8.32. The summed E-state index contributed by atoms with van der Waals surface area (Å²) in [6.45, 7) is -0.218. The third kappa shape index (κ3) is 5.85. The predicted molar refractivity (Wildman–Crippen MR) is 54.2 cm³/mol. The van der Waals surface area contributed by atoms with Gasteiger partial charge in [0.15, 0.2) is 0 Å². The van der Waals surface area contributed by atoms with Crippen LogP contribution in [-0.2, 0) is 31.0 Å². The monoisotopic (exact) mass is 271 g/mol. The Hall–Kier alpha value is -0.0900. The molecule has 0 aromatic heterocycles. The molecule has 0 bridgehead atoms. The zero-order chi connectivity index (χ0) is 11.5. The molecule has 0 heterocycles. The molecule has 9 heteroatoms. The molecule has 1 aromatic carbocycles. The van der Waals surface area contributed by atoms with Crippen molar-refractivity contribution < 1.29 is 47.4 Å². The first kappa shape index (κ1) is 15.9. The molecule has 82 valence electrons. The van der Waals surface area contributed by atoms with Crippen molar-refractivity contribution in [3.05, 3.63) is 39.9 Å². The number of hydrogen-bond acceptors (Lipinski definition) is 6. The summed E-state index contributed by atoms with van der Waals surface area (Å²) in [7, 11) is -3.90. The number of non-ortho nitro benzene ring substituents is 1. The van der Waals surface area contributed by atoms with Gasteiger partial charge in [0.1, 0.15) is 0 Å². The van der Waals surface area contributed by atoms with Gasteiger partial charge in [0.05, 0.1) is 20.6 Å². The third-order valence-electron chi connectivity index (χ3n) is 1.52. The summed E-state index contributed by atoms with van der Waals surface area (Å²) in [5.74, 6) is 0. The molecule has 0 amide bonds. The Morgan fingerprint density at radius 1 is 1.38 bits per heavy atom. The Morgan fingerprint density at radius 3 is 2.25 bits per heavy atom. The molecule has 6 nitrogen and oxygen atoms in total. The van der Waals surface area contributed by atoms with E-state index in [0.29, 0.717) is 5.56 Å². The first-order valence-corrected chi connectivity index (χ1v) is 6.05. The van der Waals surface area contributed by atoms with Gasteiger partial charge in [-0.15, -0.1) is 0 Å². The van der Waals surface area contributed by atoms with E-state index in [1.54, 1.807) is 0 Å². The largest absolute Gasteiger partial charge is 1.00 e. The Bertz CT molecular complexity index is 458. The second-order valence-electron chi connectivity index (χ2n) is 2.59. The minimum atomic E-state index is -3.90. The van der Waals surface area contributed by atoms with Gasteiger partial charge in [0.2, 0.25) is 0 Å². The van der Waals surface area contributed by atoms with Gasteiger partial charge in [-0.25, -0.2) is 4.21 Å². The molecular formula is C7H6NNaO5S2. The molecule has 16 heavy (non-hydrogen) atoms. The van der Waals surface area contributed by atoms with Gasteiger partial charge in [-0.3, -0.25) is 14.3 Å². The Kier molecular flexibility index (Phi) is 6.56.